The molecule has 0 amide bonds. The number of nitrogens with zero attached hydrogens (tertiary/aromatic N) is 3. The third-order valence-electron chi connectivity index (χ3n) is 3.45. The molecular weight excluding hydrogens is 336 g/mol. The molecule has 2 aromatic heterocycles. The van der Waals surface area contributed by atoms with Crippen LogP contribution in [0, 0.1) is 0 Å². The highest BCUT2D eigenvalue weighted by molar-refractivity contribution is 9.11. The van der Waals surface area contributed by atoms with Crippen molar-refractivity contribution in [3.8, 4) is 0 Å². The van der Waals surface area contributed by atoms with Gasteiger partial charge in [-0.1, -0.05) is 0 Å². The van der Waals surface area contributed by atoms with Crippen LogP contribution in [0.2, 0.25) is 0 Å². The Morgan fingerprint density at radius 3 is 3.10 bits per heavy atom. The number of nitrogens with one attached hydrogen (secondary N) is 1. The average molecular weight is 353 g/mol. The van der Waals surface area contributed by atoms with Crippen LogP contribution in [0.25, 0.3) is 0 Å². The van der Waals surface area contributed by atoms with Gasteiger partial charge in [-0.3, -0.25) is 4.90 Å². The standard InChI is InChI=1S/C14H17BrN4S/c15-13-4-3-12(20-13)9-19-7-1-2-11(8-19)18-14-5-6-16-10-17-14/h3-6,10-11H,1-2,7-9H2,(H,16,17,18). The molecule has 0 spiro atoms. The molecule has 1 saturated heterocycles. The summed E-state index contributed by atoms with van der Waals surface area (Å²) in [5, 5.41) is 3.50. The maximum Gasteiger partial charge on any atom is 0.129 e. The van der Waals surface area contributed by atoms with Gasteiger partial charge in [-0.05, 0) is 53.5 Å². The lowest BCUT2D eigenvalue weighted by atomic mass is 10.1. The van der Waals surface area contributed by atoms with Gasteiger partial charge < -0.3 is 5.32 Å². The molecule has 106 valence electrons. The first-order valence-corrected chi connectivity index (χ1v) is 8.40. The number of rotatable bonds is 4. The molecule has 1 aliphatic rings. The molecule has 1 fully saturated rings. The summed E-state index contributed by atoms with van der Waals surface area (Å²) in [5.74, 6) is 0.922. The van der Waals surface area contributed by atoms with E-state index in [0.29, 0.717) is 6.04 Å². The van der Waals surface area contributed by atoms with Crippen molar-refractivity contribution >= 4 is 33.1 Å². The lowest BCUT2D eigenvalue weighted by molar-refractivity contribution is 0.210. The molecule has 3 rings (SSSR count). The summed E-state index contributed by atoms with van der Waals surface area (Å²) in [6.07, 6.45) is 5.80. The van der Waals surface area contributed by atoms with Crippen LogP contribution in [0.5, 0.6) is 0 Å². The Morgan fingerprint density at radius 2 is 2.35 bits per heavy atom. The zero-order chi connectivity index (χ0) is 13.8. The summed E-state index contributed by atoms with van der Waals surface area (Å²) < 4.78 is 1.21. The lowest BCUT2D eigenvalue weighted by Crippen LogP contribution is -2.41. The highest BCUT2D eigenvalue weighted by atomic mass is 79.9. The number of piperidine rings is 1. The van der Waals surface area contributed by atoms with Gasteiger partial charge in [0.05, 0.1) is 3.79 Å². The van der Waals surface area contributed by atoms with Gasteiger partial charge in [-0.2, -0.15) is 0 Å². The molecule has 0 aliphatic carbocycles. The minimum atomic E-state index is 0.474. The third-order valence-corrected chi connectivity index (χ3v) is 5.06. The largest absolute Gasteiger partial charge is 0.366 e. The van der Waals surface area contributed by atoms with E-state index in [-0.39, 0.29) is 0 Å². The van der Waals surface area contributed by atoms with Gasteiger partial charge >= 0.3 is 0 Å². The lowest BCUT2D eigenvalue weighted by Gasteiger charge is -2.33. The summed E-state index contributed by atoms with van der Waals surface area (Å²) in [6, 6.07) is 6.73. The van der Waals surface area contributed by atoms with E-state index in [4.69, 9.17) is 0 Å². The number of anilines is 1. The van der Waals surface area contributed by atoms with Crippen molar-refractivity contribution in [2.45, 2.75) is 25.4 Å². The summed E-state index contributed by atoms with van der Waals surface area (Å²) in [5.41, 5.74) is 0. The molecule has 2 aromatic rings. The molecule has 0 aromatic carbocycles. The fourth-order valence-corrected chi connectivity index (χ4v) is 4.08. The van der Waals surface area contributed by atoms with Gasteiger partial charge in [0.15, 0.2) is 0 Å². The zero-order valence-corrected chi connectivity index (χ0v) is 13.5. The van der Waals surface area contributed by atoms with Gasteiger partial charge in [0.2, 0.25) is 0 Å². The minimum absolute atomic E-state index is 0.474. The van der Waals surface area contributed by atoms with Crippen molar-refractivity contribution in [2.24, 2.45) is 0 Å². The van der Waals surface area contributed by atoms with Crippen LogP contribution in [0.15, 0.2) is 34.5 Å². The predicted molar refractivity (Wildman–Crippen MR) is 86.0 cm³/mol. The smallest absolute Gasteiger partial charge is 0.129 e. The first-order valence-electron chi connectivity index (χ1n) is 6.79. The first-order chi connectivity index (χ1) is 9.79. The predicted octanol–water partition coefficient (Wildman–Crippen LogP) is 3.38. The highest BCUT2D eigenvalue weighted by Crippen LogP contribution is 2.24. The van der Waals surface area contributed by atoms with E-state index in [1.165, 1.54) is 28.0 Å². The van der Waals surface area contributed by atoms with E-state index in [1.54, 1.807) is 12.5 Å². The summed E-state index contributed by atoms with van der Waals surface area (Å²) in [4.78, 5) is 12.1. The maximum absolute atomic E-state index is 4.24. The van der Waals surface area contributed by atoms with Crippen molar-refractivity contribution in [2.75, 3.05) is 18.4 Å². The Bertz CT molecular complexity index is 545. The molecule has 1 atom stereocenters. The molecule has 20 heavy (non-hydrogen) atoms. The number of hydrogen-bond donors (Lipinski definition) is 1. The average Bonchev–Trinajstić information content (AvgIpc) is 2.86. The van der Waals surface area contributed by atoms with E-state index < -0.39 is 0 Å². The summed E-state index contributed by atoms with van der Waals surface area (Å²) in [6.45, 7) is 3.29. The second-order valence-electron chi connectivity index (χ2n) is 5.02. The van der Waals surface area contributed by atoms with Gasteiger partial charge in [0.1, 0.15) is 12.1 Å². The van der Waals surface area contributed by atoms with Crippen LogP contribution in [0.1, 0.15) is 17.7 Å². The Hall–Kier alpha value is -0.980. The Morgan fingerprint density at radius 1 is 1.40 bits per heavy atom. The number of halogens is 1. The molecule has 1 aliphatic heterocycles. The van der Waals surface area contributed by atoms with Crippen molar-refractivity contribution in [1.29, 1.82) is 0 Å². The molecule has 1 N–H and O–H groups in total. The SMILES string of the molecule is Brc1ccc(CN2CCCC(Nc3ccncn3)C2)s1. The first kappa shape index (κ1) is 14.0. The molecule has 0 saturated carbocycles. The van der Waals surface area contributed by atoms with Crippen molar-refractivity contribution in [3.05, 3.63) is 39.4 Å². The van der Waals surface area contributed by atoms with Crippen molar-refractivity contribution in [1.82, 2.24) is 14.9 Å². The van der Waals surface area contributed by atoms with Crippen LogP contribution >= 0.6 is 27.3 Å². The van der Waals surface area contributed by atoms with Gasteiger partial charge in [-0.15, -0.1) is 11.3 Å². The van der Waals surface area contributed by atoms with E-state index in [9.17, 15) is 0 Å². The third kappa shape index (κ3) is 3.77. The maximum atomic E-state index is 4.24. The monoisotopic (exact) mass is 352 g/mol. The van der Waals surface area contributed by atoms with Crippen molar-refractivity contribution in [3.63, 3.8) is 0 Å². The molecule has 0 bridgehead atoms. The van der Waals surface area contributed by atoms with E-state index in [0.717, 1.165) is 18.9 Å². The van der Waals surface area contributed by atoms with Crippen molar-refractivity contribution < 1.29 is 0 Å². The van der Waals surface area contributed by atoms with Gasteiger partial charge in [0.25, 0.3) is 0 Å². The van der Waals surface area contributed by atoms with Gasteiger partial charge in [0, 0.05) is 30.2 Å². The van der Waals surface area contributed by atoms with E-state index >= 15 is 0 Å². The van der Waals surface area contributed by atoms with E-state index in [1.807, 2.05) is 17.4 Å². The van der Waals surface area contributed by atoms with Crippen LogP contribution < -0.4 is 5.32 Å². The molecule has 4 nitrogen and oxygen atoms in total. The van der Waals surface area contributed by atoms with Gasteiger partial charge in [-0.25, -0.2) is 9.97 Å². The second kappa shape index (κ2) is 6.65. The highest BCUT2D eigenvalue weighted by Gasteiger charge is 2.20. The summed E-state index contributed by atoms with van der Waals surface area (Å²) >= 11 is 5.35. The van der Waals surface area contributed by atoms with E-state index in [2.05, 4.69) is 48.2 Å². The number of hydrogen-bond acceptors (Lipinski definition) is 5. The Labute approximate surface area is 131 Å². The number of aromatic nitrogens is 2. The number of thiophene rings is 1. The molecular formula is C14H17BrN4S. The molecule has 6 heteroatoms. The fourth-order valence-electron chi connectivity index (χ4n) is 2.56. The zero-order valence-electron chi connectivity index (χ0n) is 11.1. The number of likely N-dealkylation sites (tertiary alicyclic amines) is 1. The van der Waals surface area contributed by atoms with Crippen LogP contribution in [-0.2, 0) is 6.54 Å². The fraction of sp³-hybridized carbons (Fsp3) is 0.429. The molecule has 1 unspecified atom stereocenters. The normalized spacial score (nSPS) is 19.9. The topological polar surface area (TPSA) is 41.0 Å². The Kier molecular flexibility index (Phi) is 4.65. The minimum Gasteiger partial charge on any atom is -0.366 e. The second-order valence-corrected chi connectivity index (χ2v) is 7.57. The quantitative estimate of drug-likeness (QED) is 0.915. The van der Waals surface area contributed by atoms with Crippen LogP contribution in [0.3, 0.4) is 0 Å². The Balaban J connectivity index is 1.56. The molecule has 0 radical (unpaired) electrons. The van der Waals surface area contributed by atoms with Crippen LogP contribution in [0.4, 0.5) is 5.82 Å². The summed E-state index contributed by atoms with van der Waals surface area (Å²) in [7, 11) is 0. The molecule has 3 heterocycles. The van der Waals surface area contributed by atoms with Crippen LogP contribution in [-0.4, -0.2) is 34.0 Å².